The predicted octanol–water partition coefficient (Wildman–Crippen LogP) is 2.08. The van der Waals surface area contributed by atoms with Crippen molar-refractivity contribution in [3.8, 4) is 0 Å². The average Bonchev–Trinajstić information content (AvgIpc) is 2.62. The Morgan fingerprint density at radius 3 is 3.00 bits per heavy atom. The molecule has 0 saturated carbocycles. The van der Waals surface area contributed by atoms with Gasteiger partial charge in [-0.1, -0.05) is 12.2 Å². The van der Waals surface area contributed by atoms with Crippen molar-refractivity contribution in [3.05, 3.63) is 12.2 Å². The highest BCUT2D eigenvalue weighted by Gasteiger charge is 2.68. The van der Waals surface area contributed by atoms with E-state index in [1.165, 1.54) is 6.42 Å². The lowest BCUT2D eigenvalue weighted by atomic mass is 9.65. The summed E-state index contributed by atoms with van der Waals surface area (Å²) >= 11 is 5.90. The first-order valence-corrected chi connectivity index (χ1v) is 7.97. The SMILES string of the molecule is CC12OCC1(C(O)C1C=CCCC1)NCC2CCCl. The summed E-state index contributed by atoms with van der Waals surface area (Å²) in [6, 6.07) is 0. The van der Waals surface area contributed by atoms with Gasteiger partial charge >= 0.3 is 0 Å². The number of nitrogens with one attached hydrogen (secondary N) is 1. The fraction of sp³-hybridized carbons (Fsp3) is 0.867. The molecule has 5 unspecified atom stereocenters. The summed E-state index contributed by atoms with van der Waals surface area (Å²) in [4.78, 5) is 0. The minimum absolute atomic E-state index is 0.257. The summed E-state index contributed by atoms with van der Waals surface area (Å²) in [5.41, 5.74) is -0.525. The Morgan fingerprint density at radius 1 is 1.58 bits per heavy atom. The first kappa shape index (κ1) is 13.9. The van der Waals surface area contributed by atoms with E-state index in [0.29, 0.717) is 18.4 Å². The summed E-state index contributed by atoms with van der Waals surface area (Å²) in [6.45, 7) is 3.66. The zero-order valence-corrected chi connectivity index (χ0v) is 12.3. The van der Waals surface area contributed by atoms with Crippen LogP contribution in [0.25, 0.3) is 0 Å². The Hall–Kier alpha value is -0.0900. The zero-order chi connectivity index (χ0) is 13.5. The number of alkyl halides is 1. The van der Waals surface area contributed by atoms with Gasteiger partial charge in [0.15, 0.2) is 0 Å². The van der Waals surface area contributed by atoms with Gasteiger partial charge in [-0.2, -0.15) is 0 Å². The lowest BCUT2D eigenvalue weighted by molar-refractivity contribution is -0.254. The first-order chi connectivity index (χ1) is 9.14. The molecule has 2 heterocycles. The normalized spacial score (nSPS) is 46.7. The second kappa shape index (κ2) is 5.03. The Kier molecular flexibility index (Phi) is 3.67. The number of ether oxygens (including phenoxy) is 1. The van der Waals surface area contributed by atoms with E-state index < -0.39 is 0 Å². The van der Waals surface area contributed by atoms with Gasteiger partial charge in [-0.25, -0.2) is 0 Å². The van der Waals surface area contributed by atoms with E-state index in [2.05, 4.69) is 24.4 Å². The van der Waals surface area contributed by atoms with Gasteiger partial charge in [-0.3, -0.25) is 0 Å². The molecular weight excluding hydrogens is 262 g/mol. The number of aliphatic hydroxyl groups excluding tert-OH is 1. The van der Waals surface area contributed by atoms with Crippen LogP contribution in [0.15, 0.2) is 12.2 Å². The third-order valence-corrected chi connectivity index (χ3v) is 5.81. The van der Waals surface area contributed by atoms with Crippen LogP contribution in [0, 0.1) is 11.8 Å². The Balaban J connectivity index is 1.79. The number of fused-ring (bicyclic) bond motifs is 1. The van der Waals surface area contributed by atoms with E-state index in [9.17, 15) is 5.11 Å². The second-order valence-electron chi connectivity index (χ2n) is 6.39. The standard InChI is InChI=1S/C15H24ClNO2/c1-14-12(7-8-16)9-17-15(14,10-19-14)13(18)11-5-3-2-4-6-11/h3,5,11-13,17-18H,2,4,6-10H2,1H3. The molecule has 2 saturated heterocycles. The number of rotatable bonds is 4. The van der Waals surface area contributed by atoms with Crippen LogP contribution in [0.1, 0.15) is 32.6 Å². The lowest BCUT2D eigenvalue weighted by Crippen LogP contribution is -2.76. The molecule has 3 nitrogen and oxygen atoms in total. The van der Waals surface area contributed by atoms with Crippen LogP contribution < -0.4 is 5.32 Å². The van der Waals surface area contributed by atoms with E-state index in [1.54, 1.807) is 0 Å². The Bertz CT molecular complexity index is 375. The van der Waals surface area contributed by atoms with Crippen LogP contribution in [0.4, 0.5) is 0 Å². The molecule has 19 heavy (non-hydrogen) atoms. The van der Waals surface area contributed by atoms with Gasteiger partial charge in [0.2, 0.25) is 0 Å². The highest BCUT2D eigenvalue weighted by molar-refractivity contribution is 6.17. The molecule has 0 bridgehead atoms. The molecule has 2 N–H and O–H groups in total. The predicted molar refractivity (Wildman–Crippen MR) is 76.4 cm³/mol. The maximum Gasteiger partial charge on any atom is 0.0979 e. The monoisotopic (exact) mass is 285 g/mol. The van der Waals surface area contributed by atoms with Gasteiger partial charge in [0.25, 0.3) is 0 Å². The first-order valence-electron chi connectivity index (χ1n) is 7.44. The van der Waals surface area contributed by atoms with Gasteiger partial charge in [0.05, 0.1) is 23.9 Å². The third-order valence-electron chi connectivity index (χ3n) is 5.59. The molecule has 0 radical (unpaired) electrons. The largest absolute Gasteiger partial charge is 0.390 e. The van der Waals surface area contributed by atoms with Crippen molar-refractivity contribution in [2.24, 2.45) is 11.8 Å². The molecule has 0 amide bonds. The van der Waals surface area contributed by atoms with Crippen molar-refractivity contribution < 1.29 is 9.84 Å². The Labute approximate surface area is 120 Å². The summed E-state index contributed by atoms with van der Waals surface area (Å²) in [6.07, 6.45) is 8.39. The summed E-state index contributed by atoms with van der Waals surface area (Å²) in [5.74, 6) is 1.32. The molecule has 0 aromatic heterocycles. The highest BCUT2D eigenvalue weighted by Crippen LogP contribution is 2.51. The van der Waals surface area contributed by atoms with E-state index in [1.807, 2.05) is 0 Å². The third kappa shape index (κ3) is 1.90. The van der Waals surface area contributed by atoms with Crippen LogP contribution in [0.2, 0.25) is 0 Å². The molecule has 1 aliphatic carbocycles. The van der Waals surface area contributed by atoms with Crippen LogP contribution >= 0.6 is 11.6 Å². The molecule has 5 atom stereocenters. The highest BCUT2D eigenvalue weighted by atomic mass is 35.5. The zero-order valence-electron chi connectivity index (χ0n) is 11.6. The van der Waals surface area contributed by atoms with Crippen LogP contribution in [-0.4, -0.2) is 41.4 Å². The van der Waals surface area contributed by atoms with Gasteiger partial charge in [-0.15, -0.1) is 11.6 Å². The number of allylic oxidation sites excluding steroid dienone is 1. The maximum atomic E-state index is 10.9. The summed E-state index contributed by atoms with van der Waals surface area (Å²) in [5, 5.41) is 14.5. The van der Waals surface area contributed by atoms with E-state index in [0.717, 1.165) is 25.8 Å². The van der Waals surface area contributed by atoms with Gasteiger partial charge in [-0.05, 0) is 32.6 Å². The molecule has 0 spiro atoms. The topological polar surface area (TPSA) is 41.5 Å². The summed E-state index contributed by atoms with van der Waals surface area (Å²) in [7, 11) is 0. The van der Waals surface area contributed by atoms with Crippen molar-refractivity contribution in [1.29, 1.82) is 0 Å². The number of halogens is 1. The van der Waals surface area contributed by atoms with Crippen molar-refractivity contribution in [2.75, 3.05) is 19.0 Å². The number of hydrogen-bond acceptors (Lipinski definition) is 3. The average molecular weight is 286 g/mol. The molecule has 108 valence electrons. The fourth-order valence-electron chi connectivity index (χ4n) is 4.12. The van der Waals surface area contributed by atoms with Crippen LogP contribution in [0.5, 0.6) is 0 Å². The quantitative estimate of drug-likeness (QED) is 0.614. The fourth-order valence-corrected chi connectivity index (χ4v) is 4.39. The van der Waals surface area contributed by atoms with E-state index in [-0.39, 0.29) is 23.2 Å². The van der Waals surface area contributed by atoms with Crippen molar-refractivity contribution in [1.82, 2.24) is 5.32 Å². The minimum atomic E-state index is -0.358. The second-order valence-corrected chi connectivity index (χ2v) is 6.77. The van der Waals surface area contributed by atoms with Gasteiger partial charge in [0.1, 0.15) is 0 Å². The molecule has 2 aliphatic heterocycles. The van der Waals surface area contributed by atoms with Crippen LogP contribution in [-0.2, 0) is 4.74 Å². The van der Waals surface area contributed by atoms with E-state index >= 15 is 0 Å². The van der Waals surface area contributed by atoms with E-state index in [4.69, 9.17) is 16.3 Å². The maximum absolute atomic E-state index is 10.9. The molecule has 0 aromatic rings. The van der Waals surface area contributed by atoms with Crippen LogP contribution in [0.3, 0.4) is 0 Å². The molecule has 4 heteroatoms. The number of hydrogen-bond donors (Lipinski definition) is 2. The van der Waals surface area contributed by atoms with Crippen molar-refractivity contribution in [2.45, 2.75) is 49.9 Å². The minimum Gasteiger partial charge on any atom is -0.390 e. The molecule has 0 aromatic carbocycles. The lowest BCUT2D eigenvalue weighted by Gasteiger charge is -2.58. The molecule has 3 aliphatic rings. The molecule has 2 fully saturated rings. The van der Waals surface area contributed by atoms with Crippen molar-refractivity contribution in [3.63, 3.8) is 0 Å². The molecule has 3 rings (SSSR count). The van der Waals surface area contributed by atoms with Gasteiger partial charge in [0, 0.05) is 24.3 Å². The summed E-state index contributed by atoms with van der Waals surface area (Å²) < 4.78 is 5.92. The smallest absolute Gasteiger partial charge is 0.0979 e. The van der Waals surface area contributed by atoms with Gasteiger partial charge < -0.3 is 15.2 Å². The Morgan fingerprint density at radius 2 is 2.42 bits per heavy atom. The molecular formula is C15H24ClNO2. The number of aliphatic hydroxyl groups is 1. The van der Waals surface area contributed by atoms with Crippen molar-refractivity contribution >= 4 is 11.6 Å².